The Morgan fingerprint density at radius 2 is 2.00 bits per heavy atom. The number of halogens is 2. The fourth-order valence-electron chi connectivity index (χ4n) is 1.91. The van der Waals surface area contributed by atoms with Crippen LogP contribution in [0.3, 0.4) is 0 Å². The van der Waals surface area contributed by atoms with Gasteiger partial charge in [-0.1, -0.05) is 6.07 Å². The first-order chi connectivity index (χ1) is 8.70. The molecule has 1 fully saturated rings. The number of hydrogen-bond donors (Lipinski definition) is 2. The molecule has 0 radical (unpaired) electrons. The lowest BCUT2D eigenvalue weighted by Crippen LogP contribution is -2.48. The Kier molecular flexibility index (Phi) is 5.59. The van der Waals surface area contributed by atoms with Crippen molar-refractivity contribution in [3.63, 3.8) is 0 Å². The van der Waals surface area contributed by atoms with Crippen molar-refractivity contribution >= 4 is 31.9 Å². The predicted molar refractivity (Wildman–Crippen MR) is 79.2 cm³/mol. The topological polar surface area (TPSA) is 50.5 Å². The van der Waals surface area contributed by atoms with E-state index in [1.807, 2.05) is 6.07 Å². The van der Waals surface area contributed by atoms with Gasteiger partial charge in [-0.25, -0.2) is 10.4 Å². The van der Waals surface area contributed by atoms with Crippen LogP contribution in [0.15, 0.2) is 27.1 Å². The van der Waals surface area contributed by atoms with E-state index >= 15 is 0 Å². The average molecular weight is 379 g/mol. The van der Waals surface area contributed by atoms with Crippen molar-refractivity contribution in [2.45, 2.75) is 6.04 Å². The fraction of sp³-hybridized carbons (Fsp3) is 0.500. The Hall–Kier alpha value is 0.0200. The molecule has 1 atom stereocenters. The summed E-state index contributed by atoms with van der Waals surface area (Å²) in [5.74, 6) is 0. The maximum absolute atomic E-state index is 5.86. The first-order valence-electron chi connectivity index (χ1n) is 5.94. The lowest BCUT2D eigenvalue weighted by Gasteiger charge is -2.31. The molecule has 1 aliphatic rings. The van der Waals surface area contributed by atoms with Gasteiger partial charge in [0.1, 0.15) is 0 Å². The van der Waals surface area contributed by atoms with E-state index in [9.17, 15) is 0 Å². The Morgan fingerprint density at radius 1 is 1.28 bits per heavy atom. The molecule has 0 aromatic heterocycles. The van der Waals surface area contributed by atoms with Gasteiger partial charge >= 0.3 is 0 Å². The van der Waals surface area contributed by atoms with Crippen LogP contribution >= 0.6 is 31.9 Å². The number of nitrogens with two attached hydrogens (primary N) is 1. The number of morpholine rings is 1. The van der Waals surface area contributed by atoms with Gasteiger partial charge in [-0.05, 0) is 49.6 Å². The normalized spacial score (nSPS) is 18.8. The third kappa shape index (κ3) is 3.76. The monoisotopic (exact) mass is 377 g/mol. The fourth-order valence-corrected chi connectivity index (χ4v) is 2.55. The van der Waals surface area contributed by atoms with Crippen molar-refractivity contribution in [1.82, 2.24) is 10.4 Å². The summed E-state index contributed by atoms with van der Waals surface area (Å²) in [6.07, 6.45) is 0. The Bertz CT molecular complexity index is 397. The van der Waals surface area contributed by atoms with Gasteiger partial charge in [-0.3, -0.25) is 0 Å². The summed E-state index contributed by atoms with van der Waals surface area (Å²) < 4.78 is 7.42. The molecule has 1 aliphatic heterocycles. The Labute approximate surface area is 124 Å². The highest BCUT2D eigenvalue weighted by Gasteiger charge is 2.16. The number of nitrogens with zero attached hydrogens (tertiary/aromatic N) is 1. The number of hydrogen-bond acceptors (Lipinski definition) is 4. The molecular formula is C12H17Br2N3O. The molecule has 1 aromatic rings. The van der Waals surface area contributed by atoms with Gasteiger partial charge in [0.2, 0.25) is 0 Å². The maximum Gasteiger partial charge on any atom is 0.0608 e. The molecule has 1 saturated heterocycles. The zero-order valence-electron chi connectivity index (χ0n) is 10.0. The van der Waals surface area contributed by atoms with Crippen LogP contribution in [0.2, 0.25) is 0 Å². The molecule has 4 nitrogen and oxygen atoms in total. The van der Waals surface area contributed by atoms with Gasteiger partial charge in [0.05, 0.1) is 19.3 Å². The summed E-state index contributed by atoms with van der Waals surface area (Å²) in [5, 5.41) is 2.18. The van der Waals surface area contributed by atoms with E-state index in [0.29, 0.717) is 6.54 Å². The maximum atomic E-state index is 5.86. The summed E-state index contributed by atoms with van der Waals surface area (Å²) in [4.78, 5) is 0. The van der Waals surface area contributed by atoms with E-state index in [1.165, 1.54) is 5.56 Å². The van der Waals surface area contributed by atoms with Crippen LogP contribution in [0.4, 0.5) is 0 Å². The minimum absolute atomic E-state index is 0.132. The van der Waals surface area contributed by atoms with Crippen LogP contribution in [-0.2, 0) is 4.74 Å². The summed E-state index contributed by atoms with van der Waals surface area (Å²) in [5.41, 5.74) is 10.5. The highest BCUT2D eigenvalue weighted by Crippen LogP contribution is 2.26. The SMILES string of the molecule is NCC(NN1CCOCC1)c1ccc(Br)c(Br)c1. The molecule has 100 valence electrons. The standard InChI is InChI=1S/C12H17Br2N3O/c13-10-2-1-9(7-11(10)14)12(8-15)16-17-3-5-18-6-4-17/h1-2,7,12,16H,3-6,8,15H2. The largest absolute Gasteiger partial charge is 0.379 e. The summed E-state index contributed by atoms with van der Waals surface area (Å²) in [7, 11) is 0. The van der Waals surface area contributed by atoms with Gasteiger partial charge < -0.3 is 10.5 Å². The lowest BCUT2D eigenvalue weighted by molar-refractivity contribution is 0.00404. The average Bonchev–Trinajstić information content (AvgIpc) is 2.40. The molecule has 0 saturated carbocycles. The Balaban J connectivity index is 2.04. The molecule has 0 spiro atoms. The van der Waals surface area contributed by atoms with Gasteiger partial charge in [-0.2, -0.15) is 0 Å². The molecule has 1 unspecified atom stereocenters. The molecule has 0 bridgehead atoms. The highest BCUT2D eigenvalue weighted by molar-refractivity contribution is 9.13. The van der Waals surface area contributed by atoms with E-state index < -0.39 is 0 Å². The molecule has 6 heteroatoms. The van der Waals surface area contributed by atoms with E-state index in [1.54, 1.807) is 0 Å². The van der Waals surface area contributed by atoms with Crippen molar-refractivity contribution in [2.24, 2.45) is 5.73 Å². The molecular weight excluding hydrogens is 362 g/mol. The quantitative estimate of drug-likeness (QED) is 0.841. The highest BCUT2D eigenvalue weighted by atomic mass is 79.9. The first kappa shape index (κ1) is 14.4. The van der Waals surface area contributed by atoms with E-state index in [-0.39, 0.29) is 6.04 Å². The number of nitrogens with one attached hydrogen (secondary N) is 1. The molecule has 2 rings (SSSR count). The van der Waals surface area contributed by atoms with Gasteiger partial charge in [-0.15, -0.1) is 0 Å². The van der Waals surface area contributed by atoms with Crippen LogP contribution in [-0.4, -0.2) is 37.9 Å². The second-order valence-electron chi connectivity index (χ2n) is 4.19. The third-order valence-corrected chi connectivity index (χ3v) is 4.81. The lowest BCUT2D eigenvalue weighted by atomic mass is 10.1. The van der Waals surface area contributed by atoms with Crippen molar-refractivity contribution < 1.29 is 4.74 Å². The molecule has 1 heterocycles. The second kappa shape index (κ2) is 6.98. The van der Waals surface area contributed by atoms with Gasteiger partial charge in [0.15, 0.2) is 0 Å². The number of benzene rings is 1. The molecule has 0 amide bonds. The van der Waals surface area contributed by atoms with Crippen molar-refractivity contribution in [1.29, 1.82) is 0 Å². The van der Waals surface area contributed by atoms with Crippen LogP contribution in [0.25, 0.3) is 0 Å². The zero-order valence-corrected chi connectivity index (χ0v) is 13.2. The Morgan fingerprint density at radius 3 is 2.61 bits per heavy atom. The predicted octanol–water partition coefficient (Wildman–Crippen LogP) is 2.05. The van der Waals surface area contributed by atoms with Crippen molar-refractivity contribution in [3.8, 4) is 0 Å². The minimum atomic E-state index is 0.132. The van der Waals surface area contributed by atoms with E-state index in [2.05, 4.69) is 54.4 Å². The summed E-state index contributed by atoms with van der Waals surface area (Å²) in [6, 6.07) is 6.34. The van der Waals surface area contributed by atoms with Crippen LogP contribution in [0.1, 0.15) is 11.6 Å². The second-order valence-corrected chi connectivity index (χ2v) is 5.90. The molecule has 0 aliphatic carbocycles. The third-order valence-electron chi connectivity index (χ3n) is 2.93. The van der Waals surface area contributed by atoms with Gasteiger partial charge in [0, 0.05) is 28.6 Å². The van der Waals surface area contributed by atoms with Crippen molar-refractivity contribution in [2.75, 3.05) is 32.8 Å². The number of ether oxygens (including phenoxy) is 1. The van der Waals surface area contributed by atoms with E-state index in [4.69, 9.17) is 10.5 Å². The number of rotatable bonds is 4. The van der Waals surface area contributed by atoms with Crippen LogP contribution < -0.4 is 11.2 Å². The van der Waals surface area contributed by atoms with E-state index in [0.717, 1.165) is 35.2 Å². The van der Waals surface area contributed by atoms with Crippen LogP contribution in [0.5, 0.6) is 0 Å². The van der Waals surface area contributed by atoms with Crippen LogP contribution in [0, 0.1) is 0 Å². The molecule has 18 heavy (non-hydrogen) atoms. The first-order valence-corrected chi connectivity index (χ1v) is 7.53. The molecule has 1 aromatic carbocycles. The van der Waals surface area contributed by atoms with Crippen molar-refractivity contribution in [3.05, 3.63) is 32.7 Å². The smallest absolute Gasteiger partial charge is 0.0608 e. The van der Waals surface area contributed by atoms with Gasteiger partial charge in [0.25, 0.3) is 0 Å². The summed E-state index contributed by atoms with van der Waals surface area (Å²) >= 11 is 6.99. The minimum Gasteiger partial charge on any atom is -0.379 e. The summed E-state index contributed by atoms with van der Waals surface area (Å²) in [6.45, 7) is 3.90. The molecule has 3 N–H and O–H groups in total. The number of hydrazine groups is 1. The zero-order chi connectivity index (χ0) is 13.0.